The number of oxime groups is 1. The zero-order chi connectivity index (χ0) is 16.1. The van der Waals surface area contributed by atoms with Crippen molar-refractivity contribution >= 4 is 29.2 Å². The van der Waals surface area contributed by atoms with Gasteiger partial charge in [0.25, 0.3) is 0 Å². The van der Waals surface area contributed by atoms with Crippen molar-refractivity contribution in [2.24, 2.45) is 17.0 Å². The van der Waals surface area contributed by atoms with E-state index in [9.17, 15) is 5.21 Å². The number of rotatable bonds is 1. The maximum atomic E-state index is 9.70. The van der Waals surface area contributed by atoms with E-state index >= 15 is 0 Å². The number of nitrogens with zero attached hydrogens (tertiary/aromatic N) is 2. The van der Waals surface area contributed by atoms with E-state index in [0.29, 0.717) is 11.8 Å². The van der Waals surface area contributed by atoms with Crippen LogP contribution in [0.2, 0.25) is 0 Å². The van der Waals surface area contributed by atoms with Crippen molar-refractivity contribution < 1.29 is 5.21 Å². The highest BCUT2D eigenvalue weighted by Gasteiger charge is 2.49. The van der Waals surface area contributed by atoms with E-state index in [2.05, 4.69) is 70.7 Å². The molecule has 2 bridgehead atoms. The molecule has 3 nitrogen and oxygen atoms in total. The van der Waals surface area contributed by atoms with E-state index in [1.807, 2.05) is 0 Å². The van der Waals surface area contributed by atoms with Gasteiger partial charge in [0.1, 0.15) is 0 Å². The topological polar surface area (TPSA) is 35.8 Å². The average Bonchev–Trinajstić information content (AvgIpc) is 3.19. The summed E-state index contributed by atoms with van der Waals surface area (Å²) in [6, 6.07) is 17.2. The number of hydrogen-bond donors (Lipinski definition) is 1. The van der Waals surface area contributed by atoms with Crippen LogP contribution in [0.25, 0.3) is 12.2 Å². The molecular weight excluding hydrogens is 296 g/mol. The molecular formula is C21H20N2O. The van der Waals surface area contributed by atoms with Gasteiger partial charge in [0, 0.05) is 17.3 Å². The highest BCUT2D eigenvalue weighted by molar-refractivity contribution is 6.01. The van der Waals surface area contributed by atoms with Gasteiger partial charge in [0.15, 0.2) is 0 Å². The van der Waals surface area contributed by atoms with Crippen LogP contribution in [0.1, 0.15) is 30.4 Å². The smallest absolute Gasteiger partial charge is 0.0832 e. The molecule has 5 rings (SSSR count). The summed E-state index contributed by atoms with van der Waals surface area (Å²) in [4.78, 5) is 2.42. The Morgan fingerprint density at radius 2 is 1.50 bits per heavy atom. The van der Waals surface area contributed by atoms with Crippen molar-refractivity contribution in [3.8, 4) is 0 Å². The first kappa shape index (κ1) is 13.8. The standard InChI is InChI=1S/C21H20N2O/c24-22-20-16-11-12-17(13-16)21(20)23-18-7-3-1-5-14(18)9-10-15-6-2-4-8-19(15)23/h1-10,16-17,21,24H,11-13H2/b22-20-. The normalized spacial score (nSPS) is 28.8. The second kappa shape index (κ2) is 5.23. The van der Waals surface area contributed by atoms with E-state index in [4.69, 9.17) is 0 Å². The van der Waals surface area contributed by atoms with Crippen LogP contribution < -0.4 is 4.90 Å². The van der Waals surface area contributed by atoms with Gasteiger partial charge in [-0.2, -0.15) is 0 Å². The Bertz CT molecular complexity index is 805. The number of anilines is 2. The minimum Gasteiger partial charge on any atom is -0.411 e. The molecule has 2 saturated carbocycles. The Labute approximate surface area is 141 Å². The van der Waals surface area contributed by atoms with Gasteiger partial charge in [-0.15, -0.1) is 0 Å². The van der Waals surface area contributed by atoms with Crippen LogP contribution in [0.15, 0.2) is 53.7 Å². The lowest BCUT2D eigenvalue weighted by molar-refractivity contribution is 0.311. The van der Waals surface area contributed by atoms with Gasteiger partial charge in [0.2, 0.25) is 0 Å². The minimum absolute atomic E-state index is 0.163. The Kier molecular flexibility index (Phi) is 3.02. The predicted octanol–water partition coefficient (Wildman–Crippen LogP) is 4.94. The molecule has 24 heavy (non-hydrogen) atoms. The molecule has 3 unspecified atom stereocenters. The third-order valence-corrected chi connectivity index (χ3v) is 5.87. The molecule has 2 aliphatic carbocycles. The fraction of sp³-hybridized carbons (Fsp3) is 0.286. The molecule has 2 aromatic carbocycles. The SMILES string of the molecule is O/N=C1/C2CCC(C2)C1N1c2ccccc2C=Cc2ccccc21. The van der Waals surface area contributed by atoms with Gasteiger partial charge < -0.3 is 10.1 Å². The fourth-order valence-electron chi connectivity index (χ4n) is 4.84. The Morgan fingerprint density at radius 3 is 2.12 bits per heavy atom. The summed E-state index contributed by atoms with van der Waals surface area (Å²) in [5, 5.41) is 13.5. The van der Waals surface area contributed by atoms with Crippen molar-refractivity contribution in [2.45, 2.75) is 25.3 Å². The summed E-state index contributed by atoms with van der Waals surface area (Å²) in [6.45, 7) is 0. The first-order valence-corrected chi connectivity index (χ1v) is 8.74. The first-order valence-electron chi connectivity index (χ1n) is 8.74. The predicted molar refractivity (Wildman–Crippen MR) is 97.8 cm³/mol. The summed E-state index contributed by atoms with van der Waals surface area (Å²) in [5.41, 5.74) is 5.81. The lowest BCUT2D eigenvalue weighted by Crippen LogP contribution is -2.42. The number of para-hydroxylation sites is 2. The molecule has 3 atom stereocenters. The van der Waals surface area contributed by atoms with Crippen LogP contribution in [-0.4, -0.2) is 17.0 Å². The van der Waals surface area contributed by atoms with Crippen LogP contribution in [0, 0.1) is 11.8 Å². The monoisotopic (exact) mass is 316 g/mol. The van der Waals surface area contributed by atoms with Crippen LogP contribution in [0.4, 0.5) is 11.4 Å². The molecule has 3 aliphatic rings. The third-order valence-electron chi connectivity index (χ3n) is 5.87. The number of hydrogen-bond acceptors (Lipinski definition) is 3. The zero-order valence-electron chi connectivity index (χ0n) is 13.5. The number of fused-ring (bicyclic) bond motifs is 4. The molecule has 0 saturated heterocycles. The largest absolute Gasteiger partial charge is 0.411 e. The Morgan fingerprint density at radius 1 is 0.875 bits per heavy atom. The van der Waals surface area contributed by atoms with Crippen LogP contribution in [-0.2, 0) is 0 Å². The lowest BCUT2D eigenvalue weighted by Gasteiger charge is -2.37. The molecule has 2 aromatic rings. The third kappa shape index (κ3) is 1.87. The van der Waals surface area contributed by atoms with Gasteiger partial charge in [-0.05, 0) is 48.4 Å². The molecule has 120 valence electrons. The molecule has 3 heteroatoms. The van der Waals surface area contributed by atoms with Crippen LogP contribution in [0.3, 0.4) is 0 Å². The van der Waals surface area contributed by atoms with Gasteiger partial charge in [0.05, 0.1) is 11.8 Å². The molecule has 0 amide bonds. The zero-order valence-corrected chi connectivity index (χ0v) is 13.5. The lowest BCUT2D eigenvalue weighted by atomic mass is 9.90. The first-order chi connectivity index (χ1) is 11.9. The number of benzene rings is 2. The molecule has 1 heterocycles. The highest BCUT2D eigenvalue weighted by atomic mass is 16.4. The summed E-state index contributed by atoms with van der Waals surface area (Å²) >= 11 is 0. The van der Waals surface area contributed by atoms with Gasteiger partial charge >= 0.3 is 0 Å². The molecule has 0 aromatic heterocycles. The van der Waals surface area contributed by atoms with Crippen molar-refractivity contribution in [1.82, 2.24) is 0 Å². The summed E-state index contributed by atoms with van der Waals surface area (Å²) in [6.07, 6.45) is 7.92. The van der Waals surface area contributed by atoms with Gasteiger partial charge in [-0.25, -0.2) is 0 Å². The maximum Gasteiger partial charge on any atom is 0.0832 e. The average molecular weight is 316 g/mol. The van der Waals surface area contributed by atoms with Gasteiger partial charge in [-0.3, -0.25) is 0 Å². The van der Waals surface area contributed by atoms with Gasteiger partial charge in [-0.1, -0.05) is 53.7 Å². The summed E-state index contributed by atoms with van der Waals surface area (Å²) in [5.74, 6) is 1.01. The van der Waals surface area contributed by atoms with E-state index < -0.39 is 0 Å². The van der Waals surface area contributed by atoms with Crippen molar-refractivity contribution in [2.75, 3.05) is 4.90 Å². The Balaban J connectivity index is 1.74. The van der Waals surface area contributed by atoms with E-state index in [-0.39, 0.29) is 6.04 Å². The van der Waals surface area contributed by atoms with Crippen LogP contribution >= 0.6 is 0 Å². The van der Waals surface area contributed by atoms with E-state index in [0.717, 1.165) is 18.6 Å². The summed E-state index contributed by atoms with van der Waals surface area (Å²) < 4.78 is 0. The molecule has 1 aliphatic heterocycles. The maximum absolute atomic E-state index is 9.70. The van der Waals surface area contributed by atoms with Crippen molar-refractivity contribution in [3.63, 3.8) is 0 Å². The second-order valence-corrected chi connectivity index (χ2v) is 7.06. The fourth-order valence-corrected chi connectivity index (χ4v) is 4.84. The van der Waals surface area contributed by atoms with E-state index in [1.165, 1.54) is 28.9 Å². The molecule has 1 N–H and O–H groups in total. The highest BCUT2D eigenvalue weighted by Crippen LogP contribution is 2.49. The second-order valence-electron chi connectivity index (χ2n) is 7.06. The molecule has 0 spiro atoms. The van der Waals surface area contributed by atoms with Crippen molar-refractivity contribution in [1.29, 1.82) is 0 Å². The Hall–Kier alpha value is -2.55. The summed E-state index contributed by atoms with van der Waals surface area (Å²) in [7, 11) is 0. The van der Waals surface area contributed by atoms with Crippen LogP contribution in [0.5, 0.6) is 0 Å². The molecule has 0 radical (unpaired) electrons. The molecule has 2 fully saturated rings. The quantitative estimate of drug-likeness (QED) is 0.597. The minimum atomic E-state index is 0.163. The van der Waals surface area contributed by atoms with E-state index in [1.54, 1.807) is 0 Å². The van der Waals surface area contributed by atoms with Crippen molar-refractivity contribution in [3.05, 3.63) is 59.7 Å².